The van der Waals surface area contributed by atoms with Crippen molar-refractivity contribution in [1.82, 2.24) is 15.3 Å². The Labute approximate surface area is 251 Å². The summed E-state index contributed by atoms with van der Waals surface area (Å²) in [5.41, 5.74) is 17.7. The van der Waals surface area contributed by atoms with E-state index in [1.165, 1.54) is 24.3 Å². The molecular formula is C34H27FN6O3. The zero-order chi connectivity index (χ0) is 30.8. The second-order valence-electron chi connectivity index (χ2n) is 10.2. The first-order chi connectivity index (χ1) is 21.3. The number of nitrogens with two attached hydrogens (primary N) is 2. The van der Waals surface area contributed by atoms with Gasteiger partial charge >= 0.3 is 0 Å². The molecule has 218 valence electrons. The number of aromatic amines is 1. The van der Waals surface area contributed by atoms with Crippen LogP contribution >= 0.6 is 0 Å². The lowest BCUT2D eigenvalue weighted by Gasteiger charge is -2.16. The minimum absolute atomic E-state index is 0.0957. The van der Waals surface area contributed by atoms with Gasteiger partial charge in [-0.05, 0) is 82.9 Å². The van der Waals surface area contributed by atoms with Crippen LogP contribution in [0.15, 0.2) is 97.3 Å². The number of primary amides is 1. The minimum atomic E-state index is -0.609. The average molecular weight is 587 g/mol. The number of H-pyrrole nitrogens is 1. The fourth-order valence-corrected chi connectivity index (χ4v) is 5.34. The van der Waals surface area contributed by atoms with Gasteiger partial charge in [-0.3, -0.25) is 19.4 Å². The third-order valence-electron chi connectivity index (χ3n) is 7.51. The number of anilines is 1. The van der Waals surface area contributed by atoms with Crippen molar-refractivity contribution in [2.45, 2.75) is 13.1 Å². The molecular weight excluding hydrogens is 559 g/mol. The molecule has 0 aliphatic heterocycles. The second kappa shape index (κ2) is 11.8. The number of carbonyl (C=O) groups is 3. The van der Waals surface area contributed by atoms with Crippen molar-refractivity contribution in [2.75, 3.05) is 5.32 Å². The molecule has 0 aliphatic carbocycles. The summed E-state index contributed by atoms with van der Waals surface area (Å²) < 4.78 is 13.4. The van der Waals surface area contributed by atoms with Gasteiger partial charge in [-0.25, -0.2) is 4.39 Å². The van der Waals surface area contributed by atoms with Crippen molar-refractivity contribution < 1.29 is 18.8 Å². The predicted molar refractivity (Wildman–Crippen MR) is 167 cm³/mol. The normalized spacial score (nSPS) is 11.0. The van der Waals surface area contributed by atoms with E-state index in [4.69, 9.17) is 11.5 Å². The average Bonchev–Trinajstić information content (AvgIpc) is 3.42. The van der Waals surface area contributed by atoms with Crippen molar-refractivity contribution in [1.29, 1.82) is 0 Å². The van der Waals surface area contributed by atoms with Crippen LogP contribution in [0.3, 0.4) is 0 Å². The van der Waals surface area contributed by atoms with Crippen LogP contribution in [0.25, 0.3) is 32.9 Å². The number of hydrogen-bond donors (Lipinski definition) is 5. The van der Waals surface area contributed by atoms with Crippen LogP contribution in [0, 0.1) is 5.82 Å². The maximum absolute atomic E-state index is 13.4. The Morgan fingerprint density at radius 3 is 2.32 bits per heavy atom. The summed E-state index contributed by atoms with van der Waals surface area (Å²) in [5, 5.41) is 7.29. The van der Waals surface area contributed by atoms with Gasteiger partial charge in [0.2, 0.25) is 0 Å². The largest absolute Gasteiger partial charge is 0.366 e. The highest BCUT2D eigenvalue weighted by atomic mass is 19.1. The first kappa shape index (κ1) is 28.3. The molecule has 3 amide bonds. The standard InChI is InChI=1S/C34H27FN6O3/c35-22-7-4-20(5-8-22)34(44)41-28-3-1-2-23(27(28)17-36)24-10-11-26(32(37)42)31-30(24)25-9-6-21(16-29(25)40-31)33(43)39-18-19-12-14-38-15-13-19/h1-16,40H,17-18,36H2,(H2,37,42)(H,39,43)(H,41,44). The highest BCUT2D eigenvalue weighted by Gasteiger charge is 2.20. The van der Waals surface area contributed by atoms with Crippen molar-refractivity contribution >= 4 is 45.2 Å². The molecule has 9 nitrogen and oxygen atoms in total. The molecule has 10 heteroatoms. The Balaban J connectivity index is 1.42. The van der Waals surface area contributed by atoms with Crippen LogP contribution in [0.4, 0.5) is 10.1 Å². The minimum Gasteiger partial charge on any atom is -0.366 e. The molecule has 0 saturated carbocycles. The predicted octanol–water partition coefficient (Wildman–Crippen LogP) is 5.26. The van der Waals surface area contributed by atoms with Gasteiger partial charge in [-0.1, -0.05) is 24.3 Å². The summed E-state index contributed by atoms with van der Waals surface area (Å²) in [6.45, 7) is 0.441. The smallest absolute Gasteiger partial charge is 0.255 e. The van der Waals surface area contributed by atoms with Crippen molar-refractivity contribution in [3.05, 3.63) is 131 Å². The number of aromatic nitrogens is 2. The number of pyridine rings is 1. The molecule has 6 rings (SSSR count). The van der Waals surface area contributed by atoms with Crippen LogP contribution in [0.2, 0.25) is 0 Å². The number of fused-ring (bicyclic) bond motifs is 3. The molecule has 0 atom stereocenters. The van der Waals surface area contributed by atoms with Gasteiger partial charge in [0, 0.05) is 58.6 Å². The van der Waals surface area contributed by atoms with Crippen LogP contribution < -0.4 is 22.1 Å². The first-order valence-corrected chi connectivity index (χ1v) is 13.8. The van der Waals surface area contributed by atoms with Gasteiger partial charge in [0.05, 0.1) is 11.1 Å². The summed E-state index contributed by atoms with van der Waals surface area (Å²) in [6, 6.07) is 23.0. The topological polar surface area (TPSA) is 156 Å². The number of halogens is 1. The Morgan fingerprint density at radius 1 is 0.841 bits per heavy atom. The lowest BCUT2D eigenvalue weighted by atomic mass is 9.92. The van der Waals surface area contributed by atoms with E-state index in [9.17, 15) is 18.8 Å². The van der Waals surface area contributed by atoms with E-state index in [1.54, 1.807) is 48.8 Å². The highest BCUT2D eigenvalue weighted by molar-refractivity contribution is 6.20. The van der Waals surface area contributed by atoms with Crippen LogP contribution in [-0.4, -0.2) is 27.7 Å². The molecule has 0 unspecified atom stereocenters. The van der Waals surface area contributed by atoms with E-state index in [0.29, 0.717) is 45.5 Å². The summed E-state index contributed by atoms with van der Waals surface area (Å²) in [7, 11) is 0. The van der Waals surface area contributed by atoms with E-state index < -0.39 is 17.6 Å². The van der Waals surface area contributed by atoms with Crippen molar-refractivity contribution in [2.24, 2.45) is 11.5 Å². The Bertz CT molecular complexity index is 2060. The summed E-state index contributed by atoms with van der Waals surface area (Å²) in [4.78, 5) is 45.7. The van der Waals surface area contributed by atoms with Crippen molar-refractivity contribution in [3.8, 4) is 11.1 Å². The number of hydrogen-bond acceptors (Lipinski definition) is 5. The SMILES string of the molecule is NCc1c(NC(=O)c2ccc(F)cc2)cccc1-c1ccc(C(N)=O)c2[nH]c3cc(C(=O)NCc4ccncc4)ccc3c12. The molecule has 44 heavy (non-hydrogen) atoms. The number of carbonyl (C=O) groups excluding carboxylic acids is 3. The van der Waals surface area contributed by atoms with E-state index in [-0.39, 0.29) is 12.5 Å². The molecule has 0 bridgehead atoms. The Kier molecular flexibility index (Phi) is 7.57. The van der Waals surface area contributed by atoms with E-state index in [0.717, 1.165) is 27.5 Å². The summed E-state index contributed by atoms with van der Waals surface area (Å²) >= 11 is 0. The summed E-state index contributed by atoms with van der Waals surface area (Å²) in [5.74, 6) is -1.71. The Hall–Kier alpha value is -5.87. The van der Waals surface area contributed by atoms with Crippen LogP contribution in [-0.2, 0) is 13.1 Å². The third kappa shape index (κ3) is 5.37. The van der Waals surface area contributed by atoms with E-state index in [2.05, 4.69) is 20.6 Å². The van der Waals surface area contributed by atoms with Crippen LogP contribution in [0.1, 0.15) is 42.2 Å². The van der Waals surface area contributed by atoms with Gasteiger partial charge in [-0.15, -0.1) is 0 Å². The molecule has 2 aromatic heterocycles. The zero-order valence-electron chi connectivity index (χ0n) is 23.4. The van der Waals surface area contributed by atoms with Gasteiger partial charge in [-0.2, -0.15) is 0 Å². The number of amides is 3. The molecule has 2 heterocycles. The molecule has 4 aromatic carbocycles. The van der Waals surface area contributed by atoms with Gasteiger partial charge < -0.3 is 27.1 Å². The quantitative estimate of drug-likeness (QED) is 0.164. The monoisotopic (exact) mass is 586 g/mol. The Morgan fingerprint density at radius 2 is 1.59 bits per heavy atom. The molecule has 0 radical (unpaired) electrons. The summed E-state index contributed by atoms with van der Waals surface area (Å²) in [6.07, 6.45) is 3.33. The fourth-order valence-electron chi connectivity index (χ4n) is 5.34. The van der Waals surface area contributed by atoms with Crippen LogP contribution in [0.5, 0.6) is 0 Å². The van der Waals surface area contributed by atoms with Gasteiger partial charge in [0.1, 0.15) is 5.82 Å². The van der Waals surface area contributed by atoms with Crippen molar-refractivity contribution in [3.63, 3.8) is 0 Å². The van der Waals surface area contributed by atoms with E-state index >= 15 is 0 Å². The maximum atomic E-state index is 13.4. The molecule has 0 fully saturated rings. The van der Waals surface area contributed by atoms with Gasteiger partial charge in [0.15, 0.2) is 0 Å². The zero-order valence-corrected chi connectivity index (χ0v) is 23.4. The number of nitrogens with one attached hydrogen (secondary N) is 3. The maximum Gasteiger partial charge on any atom is 0.255 e. The molecule has 0 spiro atoms. The lowest BCUT2D eigenvalue weighted by Crippen LogP contribution is -2.22. The first-order valence-electron chi connectivity index (χ1n) is 13.8. The second-order valence-corrected chi connectivity index (χ2v) is 10.2. The molecule has 0 aliphatic rings. The highest BCUT2D eigenvalue weighted by Crippen LogP contribution is 2.39. The molecule has 7 N–H and O–H groups in total. The third-order valence-corrected chi connectivity index (χ3v) is 7.51. The molecule has 6 aromatic rings. The number of benzene rings is 4. The van der Waals surface area contributed by atoms with Gasteiger partial charge in [0.25, 0.3) is 17.7 Å². The molecule has 0 saturated heterocycles. The number of nitrogens with zero attached hydrogens (tertiary/aromatic N) is 1. The lowest BCUT2D eigenvalue weighted by molar-refractivity contribution is 0.0949. The fraction of sp³-hybridized carbons (Fsp3) is 0.0588. The van der Waals surface area contributed by atoms with E-state index in [1.807, 2.05) is 24.3 Å². The number of rotatable bonds is 8.